The zero-order valence-electron chi connectivity index (χ0n) is 10.8. The number of nitrogens with two attached hydrogens (primary N) is 1. The fraction of sp³-hybridized carbons (Fsp3) is 0.0833. The van der Waals surface area contributed by atoms with Crippen molar-refractivity contribution in [1.29, 1.82) is 0 Å². The number of hydrogen-bond acceptors (Lipinski definition) is 5. The summed E-state index contributed by atoms with van der Waals surface area (Å²) in [5.74, 6) is -0.395. The summed E-state index contributed by atoms with van der Waals surface area (Å²) >= 11 is 5.92. The van der Waals surface area contributed by atoms with E-state index in [0.717, 1.165) is 6.08 Å². The standard InChI is InChI=1S/C12H9ClN4O3S/c1-20-12-8(2-3-9(13)16-12)7-5-15-17(6-7)11(21-19)4-10(14)18/h2-6H,1H3,(H-,14,18)/p+1/b11-4-. The maximum absolute atomic E-state index is 11.0. The van der Waals surface area contributed by atoms with Gasteiger partial charge >= 0.3 is 16.7 Å². The summed E-state index contributed by atoms with van der Waals surface area (Å²) in [5, 5.41) is 4.38. The third-order valence-corrected chi connectivity index (χ3v) is 3.18. The van der Waals surface area contributed by atoms with Crippen molar-refractivity contribution in [2.75, 3.05) is 7.11 Å². The van der Waals surface area contributed by atoms with Gasteiger partial charge in [-0.1, -0.05) is 11.6 Å². The molecule has 7 nitrogen and oxygen atoms in total. The van der Waals surface area contributed by atoms with Crippen LogP contribution in [0.1, 0.15) is 0 Å². The molecule has 1 amide bonds. The number of carbonyl (C=O) groups excluding carboxylic acids is 1. The average Bonchev–Trinajstić information content (AvgIpc) is 2.93. The Hall–Kier alpha value is -2.32. The van der Waals surface area contributed by atoms with E-state index >= 15 is 0 Å². The van der Waals surface area contributed by atoms with Crippen molar-refractivity contribution >= 4 is 34.2 Å². The van der Waals surface area contributed by atoms with E-state index in [1.54, 1.807) is 18.3 Å². The smallest absolute Gasteiger partial charge is 0.481 e. The monoisotopic (exact) mass is 325 g/mol. The highest BCUT2D eigenvalue weighted by atomic mass is 35.5. The summed E-state index contributed by atoms with van der Waals surface area (Å²) in [5.41, 5.74) is 6.34. The van der Waals surface area contributed by atoms with Crippen LogP contribution in [-0.4, -0.2) is 27.8 Å². The van der Waals surface area contributed by atoms with Gasteiger partial charge in [0.05, 0.1) is 19.4 Å². The molecule has 0 atom stereocenters. The molecule has 0 aliphatic rings. The van der Waals surface area contributed by atoms with Gasteiger partial charge in [-0.15, -0.1) is 0 Å². The zero-order chi connectivity index (χ0) is 15.4. The van der Waals surface area contributed by atoms with Crippen LogP contribution >= 0.6 is 11.6 Å². The van der Waals surface area contributed by atoms with Gasteiger partial charge in [-0.2, -0.15) is 9.78 Å². The van der Waals surface area contributed by atoms with Gasteiger partial charge in [0.1, 0.15) is 5.15 Å². The number of pyridine rings is 1. The number of hydrogen-bond donors (Lipinski definition) is 1. The predicted octanol–water partition coefficient (Wildman–Crippen LogP) is 1.32. The Kier molecular flexibility index (Phi) is 4.61. The van der Waals surface area contributed by atoms with Crippen LogP contribution < -0.4 is 10.5 Å². The molecule has 2 aromatic heterocycles. The summed E-state index contributed by atoms with van der Waals surface area (Å²) in [6, 6.07) is 3.33. The predicted molar refractivity (Wildman–Crippen MR) is 78.5 cm³/mol. The number of primary amides is 1. The Balaban J connectivity index is 2.45. The molecular weight excluding hydrogens is 316 g/mol. The molecule has 2 N–H and O–H groups in total. The summed E-state index contributed by atoms with van der Waals surface area (Å²) in [7, 11) is 1.47. The SMILES string of the molecule is COc1nc(Cl)ccc1-c1cnn(/C(=C/C(N)=O)[S+]=O)c1. The van der Waals surface area contributed by atoms with Crippen LogP contribution in [0.5, 0.6) is 5.88 Å². The topological polar surface area (TPSA) is 100 Å². The Morgan fingerprint density at radius 3 is 2.90 bits per heavy atom. The highest BCUT2D eigenvalue weighted by molar-refractivity contribution is 7.76. The first-order valence-corrected chi connectivity index (χ1v) is 6.74. The van der Waals surface area contributed by atoms with Crippen LogP contribution in [0.25, 0.3) is 16.2 Å². The number of methoxy groups -OCH3 is 1. The fourth-order valence-corrected chi connectivity index (χ4v) is 2.11. The van der Waals surface area contributed by atoms with Crippen molar-refractivity contribution in [2.24, 2.45) is 5.73 Å². The van der Waals surface area contributed by atoms with E-state index < -0.39 is 5.91 Å². The van der Waals surface area contributed by atoms with Crippen molar-refractivity contribution in [3.63, 3.8) is 0 Å². The van der Waals surface area contributed by atoms with Crippen LogP contribution in [0.15, 0.2) is 30.6 Å². The minimum absolute atomic E-state index is 0.0645. The summed E-state index contributed by atoms with van der Waals surface area (Å²) in [6.07, 6.45) is 4.08. The lowest BCUT2D eigenvalue weighted by Crippen LogP contribution is -2.09. The normalized spacial score (nSPS) is 11.2. The van der Waals surface area contributed by atoms with Gasteiger partial charge in [0, 0.05) is 21.5 Å². The molecule has 2 heterocycles. The molecule has 0 aliphatic carbocycles. The lowest BCUT2D eigenvalue weighted by Gasteiger charge is -2.04. The third kappa shape index (κ3) is 3.41. The van der Waals surface area contributed by atoms with E-state index in [4.69, 9.17) is 22.1 Å². The van der Waals surface area contributed by atoms with Gasteiger partial charge in [0.2, 0.25) is 11.8 Å². The van der Waals surface area contributed by atoms with Gasteiger partial charge in [0.25, 0.3) is 0 Å². The fourth-order valence-electron chi connectivity index (χ4n) is 1.63. The largest absolute Gasteiger partial charge is 0.527 e. The Morgan fingerprint density at radius 1 is 1.52 bits per heavy atom. The Bertz CT molecular complexity index is 729. The number of nitrogens with zero attached hydrogens (tertiary/aromatic N) is 3. The highest BCUT2D eigenvalue weighted by Gasteiger charge is 2.19. The quantitative estimate of drug-likeness (QED) is 0.507. The third-order valence-electron chi connectivity index (χ3n) is 2.49. The van der Waals surface area contributed by atoms with Crippen molar-refractivity contribution in [1.82, 2.24) is 14.8 Å². The first-order chi connectivity index (χ1) is 10.0. The molecule has 0 saturated carbocycles. The summed E-state index contributed by atoms with van der Waals surface area (Å²) < 4.78 is 17.4. The zero-order valence-corrected chi connectivity index (χ0v) is 12.4. The van der Waals surface area contributed by atoms with Crippen LogP contribution in [0.4, 0.5) is 0 Å². The molecule has 108 valence electrons. The molecule has 0 aromatic carbocycles. The molecule has 9 heteroatoms. The second kappa shape index (κ2) is 6.42. The van der Waals surface area contributed by atoms with Gasteiger partial charge in [-0.3, -0.25) is 4.79 Å². The van der Waals surface area contributed by atoms with E-state index in [-0.39, 0.29) is 16.7 Å². The average molecular weight is 326 g/mol. The van der Waals surface area contributed by atoms with Crippen molar-refractivity contribution in [2.45, 2.75) is 0 Å². The molecular formula is C12H10ClN4O3S+. The van der Waals surface area contributed by atoms with E-state index in [9.17, 15) is 9.00 Å². The second-order valence-corrected chi connectivity index (χ2v) is 4.80. The van der Waals surface area contributed by atoms with Crippen LogP contribution in [0.3, 0.4) is 0 Å². The highest BCUT2D eigenvalue weighted by Crippen LogP contribution is 2.29. The molecule has 0 radical (unpaired) electrons. The van der Waals surface area contributed by atoms with E-state index in [2.05, 4.69) is 10.1 Å². The molecule has 0 unspecified atom stereocenters. The molecule has 2 aromatic rings. The molecule has 0 spiro atoms. The first kappa shape index (κ1) is 15.1. The first-order valence-electron chi connectivity index (χ1n) is 5.62. The minimum atomic E-state index is -0.726. The number of rotatable bonds is 5. The molecule has 21 heavy (non-hydrogen) atoms. The van der Waals surface area contributed by atoms with Crippen LogP contribution in [0, 0.1) is 0 Å². The van der Waals surface area contributed by atoms with Crippen LogP contribution in [-0.2, 0) is 20.7 Å². The summed E-state index contributed by atoms with van der Waals surface area (Å²) in [6.45, 7) is 0. The lowest BCUT2D eigenvalue weighted by molar-refractivity contribution is -0.113. The number of ether oxygens (including phenoxy) is 1. The molecule has 0 bridgehead atoms. The Morgan fingerprint density at radius 2 is 2.29 bits per heavy atom. The molecule has 0 fully saturated rings. The van der Waals surface area contributed by atoms with E-state index in [1.165, 1.54) is 18.0 Å². The number of halogens is 1. The molecule has 2 rings (SSSR count). The van der Waals surface area contributed by atoms with E-state index in [0.29, 0.717) is 22.2 Å². The van der Waals surface area contributed by atoms with E-state index in [1.807, 2.05) is 0 Å². The lowest BCUT2D eigenvalue weighted by atomic mass is 10.1. The maximum atomic E-state index is 11.0. The second-order valence-electron chi connectivity index (χ2n) is 3.83. The van der Waals surface area contributed by atoms with Gasteiger partial charge in [-0.25, -0.2) is 4.98 Å². The van der Waals surface area contributed by atoms with Crippen molar-refractivity contribution in [3.8, 4) is 17.0 Å². The van der Waals surface area contributed by atoms with Gasteiger partial charge in [0.15, 0.2) is 0 Å². The maximum Gasteiger partial charge on any atom is 0.527 e. The van der Waals surface area contributed by atoms with Crippen LogP contribution in [0.2, 0.25) is 5.15 Å². The van der Waals surface area contributed by atoms with Gasteiger partial charge in [-0.05, 0) is 12.1 Å². The molecule has 0 saturated heterocycles. The number of amides is 1. The number of aromatic nitrogens is 3. The van der Waals surface area contributed by atoms with Crippen molar-refractivity contribution in [3.05, 3.63) is 35.8 Å². The Labute approximate surface area is 128 Å². The van der Waals surface area contributed by atoms with Crippen molar-refractivity contribution < 1.29 is 13.7 Å². The molecule has 0 aliphatic heterocycles. The number of carbonyl (C=O) groups is 1. The van der Waals surface area contributed by atoms with Gasteiger partial charge < -0.3 is 10.5 Å². The minimum Gasteiger partial charge on any atom is -0.481 e. The summed E-state index contributed by atoms with van der Waals surface area (Å²) in [4.78, 5) is 14.9.